The van der Waals surface area contributed by atoms with Crippen LogP contribution in [0.2, 0.25) is 0 Å². The lowest BCUT2D eigenvalue weighted by atomic mass is 10.2. The maximum atomic E-state index is 12.2. The fourth-order valence-corrected chi connectivity index (χ4v) is 3.61. The predicted octanol–water partition coefficient (Wildman–Crippen LogP) is 4.33. The van der Waals surface area contributed by atoms with Crippen LogP contribution in [0.4, 0.5) is 17.1 Å². The molecule has 0 spiro atoms. The standard InChI is InChI=1S/C20H20N4O3S/c1-3-23(4-2)16-11-7-15(8-12-16)21-20-22-19(25)18(28-20)13-14-5-9-17(10-6-14)24(26)27/h5-13H,3-4H2,1-2H3,(H,21,22,25)/b18-13-. The monoisotopic (exact) mass is 396 g/mol. The second-order valence-electron chi connectivity index (χ2n) is 6.02. The molecule has 2 aromatic rings. The summed E-state index contributed by atoms with van der Waals surface area (Å²) in [6.07, 6.45) is 1.69. The maximum absolute atomic E-state index is 12.2. The van der Waals surface area contributed by atoms with Crippen LogP contribution in [0.15, 0.2) is 58.4 Å². The van der Waals surface area contributed by atoms with Gasteiger partial charge in [-0.15, -0.1) is 0 Å². The van der Waals surface area contributed by atoms with Gasteiger partial charge in [0.15, 0.2) is 5.17 Å². The summed E-state index contributed by atoms with van der Waals surface area (Å²) in [6.45, 7) is 6.10. The van der Waals surface area contributed by atoms with Crippen LogP contribution in [0.25, 0.3) is 6.08 Å². The number of anilines is 1. The van der Waals surface area contributed by atoms with E-state index in [1.807, 2.05) is 24.3 Å². The Bertz CT molecular complexity index is 933. The van der Waals surface area contributed by atoms with Crippen LogP contribution in [0, 0.1) is 10.1 Å². The van der Waals surface area contributed by atoms with Crippen molar-refractivity contribution < 1.29 is 9.72 Å². The number of benzene rings is 2. The number of hydrogen-bond donors (Lipinski definition) is 1. The lowest BCUT2D eigenvalue weighted by Crippen LogP contribution is -2.21. The van der Waals surface area contributed by atoms with E-state index in [9.17, 15) is 14.9 Å². The highest BCUT2D eigenvalue weighted by molar-refractivity contribution is 8.18. The Balaban J connectivity index is 1.73. The van der Waals surface area contributed by atoms with E-state index >= 15 is 0 Å². The summed E-state index contributed by atoms with van der Waals surface area (Å²) in [7, 11) is 0. The van der Waals surface area contributed by atoms with Crippen molar-refractivity contribution in [2.75, 3.05) is 18.0 Å². The number of carbonyl (C=O) groups is 1. The molecule has 144 valence electrons. The molecule has 0 unspecified atom stereocenters. The number of aliphatic imine (C=N–C) groups is 1. The Morgan fingerprint density at radius 2 is 1.75 bits per heavy atom. The normalized spacial score (nSPS) is 16.4. The number of hydrogen-bond acceptors (Lipinski definition) is 6. The van der Waals surface area contributed by atoms with Crippen LogP contribution >= 0.6 is 11.8 Å². The summed E-state index contributed by atoms with van der Waals surface area (Å²) in [5.41, 5.74) is 2.63. The third-order valence-corrected chi connectivity index (χ3v) is 5.17. The molecule has 1 aliphatic heterocycles. The van der Waals surface area contributed by atoms with Crippen molar-refractivity contribution in [1.82, 2.24) is 5.32 Å². The van der Waals surface area contributed by atoms with Gasteiger partial charge in [0, 0.05) is 30.9 Å². The number of rotatable bonds is 6. The predicted molar refractivity (Wildman–Crippen MR) is 114 cm³/mol. The quantitative estimate of drug-likeness (QED) is 0.446. The van der Waals surface area contributed by atoms with Crippen molar-refractivity contribution in [3.63, 3.8) is 0 Å². The number of nitro groups is 1. The molecular weight excluding hydrogens is 376 g/mol. The fraction of sp³-hybridized carbons (Fsp3) is 0.200. The number of nitro benzene ring substituents is 1. The van der Waals surface area contributed by atoms with E-state index < -0.39 is 4.92 Å². The Kier molecular flexibility index (Phi) is 6.10. The fourth-order valence-electron chi connectivity index (χ4n) is 2.77. The lowest BCUT2D eigenvalue weighted by Gasteiger charge is -2.20. The van der Waals surface area contributed by atoms with Crippen LogP contribution in [0.3, 0.4) is 0 Å². The van der Waals surface area contributed by atoms with Crippen LogP contribution < -0.4 is 10.2 Å². The minimum atomic E-state index is -0.454. The zero-order valence-corrected chi connectivity index (χ0v) is 16.4. The molecule has 28 heavy (non-hydrogen) atoms. The van der Waals surface area contributed by atoms with Crippen LogP contribution in [0.5, 0.6) is 0 Å². The summed E-state index contributed by atoms with van der Waals surface area (Å²) >= 11 is 1.24. The molecule has 0 radical (unpaired) electrons. The molecule has 2 aromatic carbocycles. The van der Waals surface area contributed by atoms with Gasteiger partial charge in [-0.3, -0.25) is 14.9 Å². The first-order chi connectivity index (χ1) is 13.5. The van der Waals surface area contributed by atoms with E-state index in [1.165, 1.54) is 23.9 Å². The number of carbonyl (C=O) groups excluding carboxylic acids is 1. The van der Waals surface area contributed by atoms with Crippen LogP contribution in [-0.2, 0) is 4.79 Å². The number of nitrogens with zero attached hydrogens (tertiary/aromatic N) is 3. The third kappa shape index (κ3) is 4.58. The summed E-state index contributed by atoms with van der Waals surface area (Å²) in [5.74, 6) is -0.234. The Morgan fingerprint density at radius 1 is 1.11 bits per heavy atom. The van der Waals surface area contributed by atoms with Gasteiger partial charge in [0.2, 0.25) is 0 Å². The van der Waals surface area contributed by atoms with Gasteiger partial charge in [0.1, 0.15) is 0 Å². The first-order valence-corrected chi connectivity index (χ1v) is 9.71. The molecule has 1 aliphatic rings. The van der Waals surface area contributed by atoms with Crippen molar-refractivity contribution in [3.8, 4) is 0 Å². The average Bonchev–Trinajstić information content (AvgIpc) is 3.03. The van der Waals surface area contributed by atoms with E-state index in [1.54, 1.807) is 18.2 Å². The maximum Gasteiger partial charge on any atom is 0.269 e. The number of non-ortho nitro benzene ring substituents is 1. The van der Waals surface area contributed by atoms with Gasteiger partial charge in [0.05, 0.1) is 15.5 Å². The van der Waals surface area contributed by atoms with Crippen molar-refractivity contribution in [1.29, 1.82) is 0 Å². The molecule has 0 saturated carbocycles. The van der Waals surface area contributed by atoms with Crippen molar-refractivity contribution >= 4 is 46.0 Å². The van der Waals surface area contributed by atoms with E-state index in [2.05, 4.69) is 29.1 Å². The van der Waals surface area contributed by atoms with Crippen LogP contribution in [0.1, 0.15) is 19.4 Å². The Labute approximate surface area is 167 Å². The SMILES string of the molecule is CCN(CC)c1ccc(N=C2NC(=O)/C(=C/c3ccc([N+](=O)[O-])cc3)S2)cc1. The van der Waals surface area contributed by atoms with E-state index in [4.69, 9.17) is 0 Å². The highest BCUT2D eigenvalue weighted by Crippen LogP contribution is 2.29. The first-order valence-electron chi connectivity index (χ1n) is 8.89. The molecule has 8 heteroatoms. The molecular formula is C20H20N4O3S. The molecule has 1 heterocycles. The van der Waals surface area contributed by atoms with Crippen molar-refractivity contribution in [2.45, 2.75) is 13.8 Å². The number of thioether (sulfide) groups is 1. The van der Waals surface area contributed by atoms with Crippen LogP contribution in [-0.4, -0.2) is 29.1 Å². The topological polar surface area (TPSA) is 87.8 Å². The highest BCUT2D eigenvalue weighted by atomic mass is 32.2. The van der Waals surface area contributed by atoms with Gasteiger partial charge in [-0.2, -0.15) is 0 Å². The van der Waals surface area contributed by atoms with Gasteiger partial charge in [0.25, 0.3) is 11.6 Å². The summed E-state index contributed by atoms with van der Waals surface area (Å²) in [6, 6.07) is 13.9. The second-order valence-corrected chi connectivity index (χ2v) is 7.05. The third-order valence-electron chi connectivity index (χ3n) is 4.26. The average molecular weight is 396 g/mol. The summed E-state index contributed by atoms with van der Waals surface area (Å²) < 4.78 is 0. The molecule has 3 rings (SSSR count). The zero-order valence-electron chi connectivity index (χ0n) is 15.6. The lowest BCUT2D eigenvalue weighted by molar-refractivity contribution is -0.384. The van der Waals surface area contributed by atoms with E-state index in [0.717, 1.165) is 24.5 Å². The molecule has 0 aromatic heterocycles. The zero-order chi connectivity index (χ0) is 20.1. The van der Waals surface area contributed by atoms with Gasteiger partial charge < -0.3 is 10.2 Å². The smallest absolute Gasteiger partial charge is 0.269 e. The van der Waals surface area contributed by atoms with Crippen molar-refractivity contribution in [3.05, 3.63) is 69.1 Å². The van der Waals surface area contributed by atoms with Gasteiger partial charge in [-0.25, -0.2) is 4.99 Å². The minimum Gasteiger partial charge on any atom is -0.372 e. The Hall–Kier alpha value is -3.13. The molecule has 0 bridgehead atoms. The van der Waals surface area contributed by atoms with Gasteiger partial charge in [-0.05, 0) is 73.6 Å². The highest BCUT2D eigenvalue weighted by Gasteiger charge is 2.23. The molecule has 1 saturated heterocycles. The molecule has 1 N–H and O–H groups in total. The van der Waals surface area contributed by atoms with Gasteiger partial charge in [-0.1, -0.05) is 0 Å². The largest absolute Gasteiger partial charge is 0.372 e. The summed E-state index contributed by atoms with van der Waals surface area (Å²) in [5, 5.41) is 14.0. The molecule has 0 atom stereocenters. The second kappa shape index (κ2) is 8.71. The first kappa shape index (κ1) is 19.6. The number of amides is 1. The van der Waals surface area contributed by atoms with E-state index in [-0.39, 0.29) is 11.6 Å². The number of nitrogens with one attached hydrogen (secondary N) is 1. The minimum absolute atomic E-state index is 0.0149. The molecule has 1 amide bonds. The van der Waals surface area contributed by atoms with E-state index in [0.29, 0.717) is 15.6 Å². The van der Waals surface area contributed by atoms with Crippen molar-refractivity contribution in [2.24, 2.45) is 4.99 Å². The summed E-state index contributed by atoms with van der Waals surface area (Å²) in [4.78, 5) is 29.7. The molecule has 1 fully saturated rings. The van der Waals surface area contributed by atoms with Gasteiger partial charge >= 0.3 is 0 Å². The molecule has 7 nitrogen and oxygen atoms in total. The number of amidine groups is 1. The molecule has 0 aliphatic carbocycles. The Morgan fingerprint density at radius 3 is 2.32 bits per heavy atom.